The van der Waals surface area contributed by atoms with Crippen molar-refractivity contribution in [2.45, 2.75) is 31.1 Å². The van der Waals surface area contributed by atoms with Gasteiger partial charge in [0.2, 0.25) is 5.91 Å². The molecule has 1 atom stereocenters. The third kappa shape index (κ3) is 6.26. The molecular weight excluding hydrogens is 268 g/mol. The van der Waals surface area contributed by atoms with E-state index < -0.39 is 0 Å². The Labute approximate surface area is 126 Å². The summed E-state index contributed by atoms with van der Waals surface area (Å²) in [6.45, 7) is 6.53. The average molecular weight is 292 g/mol. The summed E-state index contributed by atoms with van der Waals surface area (Å²) in [7, 11) is 0. The van der Waals surface area contributed by atoms with Gasteiger partial charge >= 0.3 is 0 Å². The maximum absolute atomic E-state index is 12.0. The van der Waals surface area contributed by atoms with E-state index in [1.165, 1.54) is 0 Å². The molecule has 3 N–H and O–H groups in total. The number of para-hydroxylation sites is 1. The molecule has 1 amide bonds. The van der Waals surface area contributed by atoms with Crippen molar-refractivity contribution in [3.05, 3.63) is 36.9 Å². The standard InChI is InChI=1S/C16H24N2OS/c1-3-12-20-15-7-5-4-6-14(15)18-16(19)9-8-13(2)10-11-17/h3-7,13H,1,8-12,17H2,2H3,(H,18,19). The summed E-state index contributed by atoms with van der Waals surface area (Å²) in [4.78, 5) is 13.1. The Morgan fingerprint density at radius 1 is 1.45 bits per heavy atom. The molecule has 0 bridgehead atoms. The lowest BCUT2D eigenvalue weighted by atomic mass is 10.0. The minimum Gasteiger partial charge on any atom is -0.330 e. The summed E-state index contributed by atoms with van der Waals surface area (Å²) in [5, 5.41) is 2.99. The van der Waals surface area contributed by atoms with E-state index in [0.29, 0.717) is 18.9 Å². The maximum Gasteiger partial charge on any atom is 0.224 e. The van der Waals surface area contributed by atoms with Gasteiger partial charge in [0.15, 0.2) is 0 Å². The highest BCUT2D eigenvalue weighted by molar-refractivity contribution is 7.99. The first-order valence-corrected chi connectivity index (χ1v) is 7.98. The Hall–Kier alpha value is -1.26. The van der Waals surface area contributed by atoms with E-state index in [4.69, 9.17) is 5.73 Å². The summed E-state index contributed by atoms with van der Waals surface area (Å²) < 4.78 is 0. The Balaban J connectivity index is 2.50. The van der Waals surface area contributed by atoms with Crippen LogP contribution in [-0.2, 0) is 4.79 Å². The Bertz CT molecular complexity index is 434. The number of carbonyl (C=O) groups is 1. The van der Waals surface area contributed by atoms with Gasteiger partial charge in [0.1, 0.15) is 0 Å². The molecule has 0 aliphatic carbocycles. The third-order valence-electron chi connectivity index (χ3n) is 3.04. The van der Waals surface area contributed by atoms with Crippen molar-refractivity contribution in [1.29, 1.82) is 0 Å². The van der Waals surface area contributed by atoms with E-state index >= 15 is 0 Å². The van der Waals surface area contributed by atoms with Gasteiger partial charge < -0.3 is 11.1 Å². The van der Waals surface area contributed by atoms with Crippen molar-refractivity contribution in [2.24, 2.45) is 11.7 Å². The van der Waals surface area contributed by atoms with Crippen LogP contribution in [0.2, 0.25) is 0 Å². The molecule has 0 saturated carbocycles. The highest BCUT2D eigenvalue weighted by atomic mass is 32.2. The predicted molar refractivity (Wildman–Crippen MR) is 88.1 cm³/mol. The smallest absolute Gasteiger partial charge is 0.224 e. The van der Waals surface area contributed by atoms with Gasteiger partial charge in [-0.1, -0.05) is 25.1 Å². The molecule has 1 aromatic carbocycles. The summed E-state index contributed by atoms with van der Waals surface area (Å²) in [5.41, 5.74) is 6.40. The molecule has 20 heavy (non-hydrogen) atoms. The summed E-state index contributed by atoms with van der Waals surface area (Å²) in [5.74, 6) is 1.40. The first kappa shape index (κ1) is 16.8. The molecule has 3 nitrogen and oxygen atoms in total. The van der Waals surface area contributed by atoms with Crippen molar-refractivity contribution >= 4 is 23.4 Å². The number of nitrogens with one attached hydrogen (secondary N) is 1. The molecule has 0 saturated heterocycles. The lowest BCUT2D eigenvalue weighted by molar-refractivity contribution is -0.116. The van der Waals surface area contributed by atoms with Gasteiger partial charge in [0, 0.05) is 17.1 Å². The molecule has 0 heterocycles. The number of rotatable bonds is 9. The van der Waals surface area contributed by atoms with E-state index in [2.05, 4.69) is 18.8 Å². The second kappa shape index (κ2) is 9.61. The molecule has 0 aromatic heterocycles. The third-order valence-corrected chi connectivity index (χ3v) is 4.11. The Morgan fingerprint density at radius 3 is 2.90 bits per heavy atom. The molecule has 0 aliphatic rings. The molecule has 0 spiro atoms. The summed E-state index contributed by atoms with van der Waals surface area (Å²) in [6, 6.07) is 7.86. The average Bonchev–Trinajstić information content (AvgIpc) is 2.44. The van der Waals surface area contributed by atoms with Crippen LogP contribution in [0.1, 0.15) is 26.2 Å². The van der Waals surface area contributed by atoms with Gasteiger partial charge in [-0.25, -0.2) is 0 Å². The number of hydrogen-bond donors (Lipinski definition) is 2. The Kier molecular flexibility index (Phi) is 8.07. The molecule has 4 heteroatoms. The van der Waals surface area contributed by atoms with Crippen LogP contribution in [0.4, 0.5) is 5.69 Å². The fourth-order valence-electron chi connectivity index (χ4n) is 1.86. The lowest BCUT2D eigenvalue weighted by Crippen LogP contribution is -2.14. The topological polar surface area (TPSA) is 55.1 Å². The largest absolute Gasteiger partial charge is 0.330 e. The zero-order valence-corrected chi connectivity index (χ0v) is 12.9. The summed E-state index contributed by atoms with van der Waals surface area (Å²) >= 11 is 1.67. The van der Waals surface area contributed by atoms with Gasteiger partial charge in [-0.05, 0) is 37.4 Å². The van der Waals surface area contributed by atoms with Crippen molar-refractivity contribution < 1.29 is 4.79 Å². The SMILES string of the molecule is C=CCSc1ccccc1NC(=O)CCC(C)CCN. The summed E-state index contributed by atoms with van der Waals surface area (Å²) in [6.07, 6.45) is 4.25. The molecule has 0 fully saturated rings. The second-order valence-corrected chi connectivity index (χ2v) is 5.93. The van der Waals surface area contributed by atoms with Gasteiger partial charge in [-0.3, -0.25) is 4.79 Å². The number of amides is 1. The Morgan fingerprint density at radius 2 is 2.20 bits per heavy atom. The van der Waals surface area contributed by atoms with Crippen molar-refractivity contribution in [3.63, 3.8) is 0 Å². The molecule has 1 rings (SSSR count). The van der Waals surface area contributed by atoms with Crippen molar-refractivity contribution in [3.8, 4) is 0 Å². The van der Waals surface area contributed by atoms with Crippen LogP contribution in [0.3, 0.4) is 0 Å². The highest BCUT2D eigenvalue weighted by Gasteiger charge is 2.09. The van der Waals surface area contributed by atoms with Crippen LogP contribution in [0.25, 0.3) is 0 Å². The number of carbonyl (C=O) groups excluding carboxylic acids is 1. The van der Waals surface area contributed by atoms with Crippen LogP contribution in [0.15, 0.2) is 41.8 Å². The molecule has 1 aromatic rings. The number of benzene rings is 1. The monoisotopic (exact) mass is 292 g/mol. The van der Waals surface area contributed by atoms with Gasteiger partial charge in [0.25, 0.3) is 0 Å². The van der Waals surface area contributed by atoms with Crippen LogP contribution < -0.4 is 11.1 Å². The van der Waals surface area contributed by atoms with Crippen LogP contribution >= 0.6 is 11.8 Å². The molecule has 110 valence electrons. The zero-order valence-electron chi connectivity index (χ0n) is 12.1. The van der Waals surface area contributed by atoms with Gasteiger partial charge in [0.05, 0.1) is 5.69 Å². The maximum atomic E-state index is 12.0. The minimum absolute atomic E-state index is 0.0699. The van der Waals surface area contributed by atoms with Crippen molar-refractivity contribution in [1.82, 2.24) is 0 Å². The zero-order chi connectivity index (χ0) is 14.8. The number of nitrogens with two attached hydrogens (primary N) is 1. The number of anilines is 1. The molecular formula is C16H24N2OS. The predicted octanol–water partition coefficient (Wildman–Crippen LogP) is 3.67. The fourth-order valence-corrected chi connectivity index (χ4v) is 2.61. The van der Waals surface area contributed by atoms with E-state index in [9.17, 15) is 4.79 Å². The minimum atomic E-state index is 0.0699. The molecule has 0 aliphatic heterocycles. The number of thioether (sulfide) groups is 1. The lowest BCUT2D eigenvalue weighted by Gasteiger charge is -2.12. The quantitative estimate of drug-likeness (QED) is 0.539. The van der Waals surface area contributed by atoms with Gasteiger partial charge in [-0.15, -0.1) is 18.3 Å². The van der Waals surface area contributed by atoms with E-state index in [1.54, 1.807) is 11.8 Å². The highest BCUT2D eigenvalue weighted by Crippen LogP contribution is 2.27. The second-order valence-electron chi connectivity index (χ2n) is 4.87. The number of hydrogen-bond acceptors (Lipinski definition) is 3. The first-order chi connectivity index (χ1) is 9.67. The normalized spacial score (nSPS) is 11.9. The van der Waals surface area contributed by atoms with E-state index in [0.717, 1.165) is 29.2 Å². The van der Waals surface area contributed by atoms with Crippen LogP contribution in [-0.4, -0.2) is 18.2 Å². The van der Waals surface area contributed by atoms with E-state index in [-0.39, 0.29) is 5.91 Å². The van der Waals surface area contributed by atoms with Crippen LogP contribution in [0, 0.1) is 5.92 Å². The molecule has 1 unspecified atom stereocenters. The van der Waals surface area contributed by atoms with Crippen LogP contribution in [0.5, 0.6) is 0 Å². The van der Waals surface area contributed by atoms with Crippen molar-refractivity contribution in [2.75, 3.05) is 17.6 Å². The molecule has 0 radical (unpaired) electrons. The van der Waals surface area contributed by atoms with Gasteiger partial charge in [-0.2, -0.15) is 0 Å². The van der Waals surface area contributed by atoms with E-state index in [1.807, 2.05) is 30.3 Å². The fraction of sp³-hybridized carbons (Fsp3) is 0.438. The first-order valence-electron chi connectivity index (χ1n) is 7.00.